The molecule has 3 aromatic rings. The monoisotopic (exact) mass is 315 g/mol. The highest BCUT2D eigenvalue weighted by Crippen LogP contribution is 2.44. The summed E-state index contributed by atoms with van der Waals surface area (Å²) in [7, 11) is 1.92. The highest BCUT2D eigenvalue weighted by Gasteiger charge is 2.26. The van der Waals surface area contributed by atoms with Gasteiger partial charge in [0.2, 0.25) is 0 Å². The Kier molecular flexibility index (Phi) is 3.26. The highest BCUT2D eigenvalue weighted by molar-refractivity contribution is 7.99. The van der Waals surface area contributed by atoms with Crippen molar-refractivity contribution in [3.8, 4) is 11.6 Å². The number of thioether (sulfide) groups is 1. The summed E-state index contributed by atoms with van der Waals surface area (Å²) in [4.78, 5) is 0. The number of aromatic nitrogens is 3. The quantitative estimate of drug-likeness (QED) is 0.733. The van der Waals surface area contributed by atoms with Crippen LogP contribution in [-0.4, -0.2) is 14.8 Å². The van der Waals surface area contributed by atoms with Gasteiger partial charge in [-0.3, -0.25) is 0 Å². The maximum absolute atomic E-state index is 13.5. The molecule has 0 spiro atoms. The van der Waals surface area contributed by atoms with E-state index in [2.05, 4.69) is 10.2 Å². The Morgan fingerprint density at radius 2 is 2.23 bits per heavy atom. The molecule has 0 N–H and O–H groups in total. The molecule has 112 valence electrons. The molecule has 6 heteroatoms. The SMILES string of the molecule is Cn1c(SC2CCc3ccc(F)cc32)nnc1-c1ccco1. The van der Waals surface area contributed by atoms with E-state index in [1.807, 2.05) is 29.8 Å². The number of aryl methyl sites for hydroxylation is 1. The molecule has 1 aliphatic carbocycles. The van der Waals surface area contributed by atoms with Crippen molar-refractivity contribution >= 4 is 11.8 Å². The lowest BCUT2D eigenvalue weighted by Crippen LogP contribution is -1.96. The van der Waals surface area contributed by atoms with Crippen molar-refractivity contribution in [2.75, 3.05) is 0 Å². The minimum atomic E-state index is -0.180. The fraction of sp³-hybridized carbons (Fsp3) is 0.250. The number of rotatable bonds is 3. The smallest absolute Gasteiger partial charge is 0.200 e. The zero-order valence-corrected chi connectivity index (χ0v) is 12.8. The van der Waals surface area contributed by atoms with Gasteiger partial charge in [0.05, 0.1) is 6.26 Å². The van der Waals surface area contributed by atoms with Crippen molar-refractivity contribution in [1.82, 2.24) is 14.8 Å². The van der Waals surface area contributed by atoms with Crippen LogP contribution < -0.4 is 0 Å². The molecule has 2 aromatic heterocycles. The van der Waals surface area contributed by atoms with Gasteiger partial charge in [-0.05, 0) is 48.2 Å². The summed E-state index contributed by atoms with van der Waals surface area (Å²) in [6.45, 7) is 0. The zero-order valence-electron chi connectivity index (χ0n) is 12.0. The first-order valence-corrected chi connectivity index (χ1v) is 7.98. The molecule has 0 saturated carbocycles. The maximum Gasteiger partial charge on any atom is 0.200 e. The van der Waals surface area contributed by atoms with Crippen LogP contribution in [0, 0.1) is 5.82 Å². The largest absolute Gasteiger partial charge is 0.461 e. The first-order valence-electron chi connectivity index (χ1n) is 7.10. The lowest BCUT2D eigenvalue weighted by atomic mass is 10.1. The first kappa shape index (κ1) is 13.6. The minimum Gasteiger partial charge on any atom is -0.461 e. The second-order valence-electron chi connectivity index (χ2n) is 5.33. The number of fused-ring (bicyclic) bond motifs is 1. The van der Waals surface area contributed by atoms with E-state index < -0.39 is 0 Å². The fourth-order valence-electron chi connectivity index (χ4n) is 2.82. The Bertz CT molecular complexity index is 813. The van der Waals surface area contributed by atoms with Crippen LogP contribution in [0.1, 0.15) is 22.8 Å². The molecule has 4 nitrogen and oxygen atoms in total. The molecule has 0 fully saturated rings. The predicted molar refractivity (Wildman–Crippen MR) is 82.0 cm³/mol. The Labute approximate surface area is 131 Å². The average Bonchev–Trinajstić information content (AvgIpc) is 3.22. The number of hydrogen-bond donors (Lipinski definition) is 0. The van der Waals surface area contributed by atoms with Gasteiger partial charge in [-0.15, -0.1) is 10.2 Å². The number of furan rings is 1. The van der Waals surface area contributed by atoms with E-state index in [1.54, 1.807) is 24.1 Å². The summed E-state index contributed by atoms with van der Waals surface area (Å²) < 4.78 is 20.8. The number of hydrogen-bond acceptors (Lipinski definition) is 4. The molecule has 1 unspecified atom stereocenters. The second-order valence-corrected chi connectivity index (χ2v) is 6.50. The van der Waals surface area contributed by atoms with Crippen molar-refractivity contribution in [3.63, 3.8) is 0 Å². The molecule has 1 aromatic carbocycles. The van der Waals surface area contributed by atoms with E-state index >= 15 is 0 Å². The molecule has 0 saturated heterocycles. The van der Waals surface area contributed by atoms with Gasteiger partial charge in [0.25, 0.3) is 0 Å². The van der Waals surface area contributed by atoms with Gasteiger partial charge in [0, 0.05) is 12.3 Å². The molecule has 0 amide bonds. The molecule has 1 aliphatic rings. The van der Waals surface area contributed by atoms with Crippen LogP contribution in [0.5, 0.6) is 0 Å². The van der Waals surface area contributed by atoms with Crippen LogP contribution in [0.3, 0.4) is 0 Å². The minimum absolute atomic E-state index is 0.180. The summed E-state index contributed by atoms with van der Waals surface area (Å²) in [5.74, 6) is 1.21. The second kappa shape index (κ2) is 5.28. The third-order valence-electron chi connectivity index (χ3n) is 3.95. The van der Waals surface area contributed by atoms with Crippen LogP contribution in [-0.2, 0) is 13.5 Å². The number of benzene rings is 1. The highest BCUT2D eigenvalue weighted by atomic mass is 32.2. The number of nitrogens with zero attached hydrogens (tertiary/aromatic N) is 3. The zero-order chi connectivity index (χ0) is 15.1. The Hall–Kier alpha value is -2.08. The van der Waals surface area contributed by atoms with Crippen molar-refractivity contribution in [2.45, 2.75) is 23.2 Å². The van der Waals surface area contributed by atoms with Crippen molar-refractivity contribution in [2.24, 2.45) is 7.05 Å². The maximum atomic E-state index is 13.5. The topological polar surface area (TPSA) is 43.9 Å². The lowest BCUT2D eigenvalue weighted by Gasteiger charge is -2.10. The summed E-state index contributed by atoms with van der Waals surface area (Å²) >= 11 is 1.63. The van der Waals surface area contributed by atoms with Crippen molar-refractivity contribution < 1.29 is 8.81 Å². The molecular formula is C16H14FN3OS. The molecule has 0 bridgehead atoms. The van der Waals surface area contributed by atoms with E-state index in [0.29, 0.717) is 11.6 Å². The van der Waals surface area contributed by atoms with Gasteiger partial charge in [0.15, 0.2) is 16.7 Å². The summed E-state index contributed by atoms with van der Waals surface area (Å²) in [5.41, 5.74) is 2.31. The van der Waals surface area contributed by atoms with Crippen molar-refractivity contribution in [1.29, 1.82) is 0 Å². The van der Waals surface area contributed by atoms with Gasteiger partial charge in [-0.1, -0.05) is 17.8 Å². The van der Waals surface area contributed by atoms with E-state index in [9.17, 15) is 4.39 Å². The van der Waals surface area contributed by atoms with Gasteiger partial charge >= 0.3 is 0 Å². The molecule has 22 heavy (non-hydrogen) atoms. The third kappa shape index (κ3) is 2.23. The summed E-state index contributed by atoms with van der Waals surface area (Å²) in [6.07, 6.45) is 3.59. The van der Waals surface area contributed by atoms with Gasteiger partial charge in [-0.2, -0.15) is 0 Å². The third-order valence-corrected chi connectivity index (χ3v) is 5.30. The summed E-state index contributed by atoms with van der Waals surface area (Å²) in [5, 5.41) is 9.48. The fourth-order valence-corrected chi connectivity index (χ4v) is 3.99. The lowest BCUT2D eigenvalue weighted by molar-refractivity contribution is 0.572. The van der Waals surface area contributed by atoms with Crippen LogP contribution in [0.15, 0.2) is 46.2 Å². The van der Waals surface area contributed by atoms with Crippen LogP contribution in [0.2, 0.25) is 0 Å². The van der Waals surface area contributed by atoms with Crippen LogP contribution in [0.25, 0.3) is 11.6 Å². The van der Waals surface area contributed by atoms with Crippen molar-refractivity contribution in [3.05, 3.63) is 53.5 Å². The van der Waals surface area contributed by atoms with E-state index in [1.165, 1.54) is 11.6 Å². The standard InChI is InChI=1S/C16H14FN3OS/c1-20-15(13-3-2-8-21-13)18-19-16(20)22-14-7-5-10-4-6-11(17)9-12(10)14/h2-4,6,8-9,14H,5,7H2,1H3. The Morgan fingerprint density at radius 1 is 1.32 bits per heavy atom. The first-order chi connectivity index (χ1) is 10.7. The van der Waals surface area contributed by atoms with Gasteiger partial charge < -0.3 is 8.98 Å². The van der Waals surface area contributed by atoms with Crippen LogP contribution in [0.4, 0.5) is 4.39 Å². The number of halogens is 1. The normalized spacial score (nSPS) is 16.9. The van der Waals surface area contributed by atoms with E-state index in [4.69, 9.17) is 4.42 Å². The molecule has 1 atom stereocenters. The van der Waals surface area contributed by atoms with E-state index in [0.717, 1.165) is 23.6 Å². The van der Waals surface area contributed by atoms with Gasteiger partial charge in [-0.25, -0.2) is 4.39 Å². The molecule has 0 radical (unpaired) electrons. The van der Waals surface area contributed by atoms with Gasteiger partial charge in [0.1, 0.15) is 5.82 Å². The molecule has 2 heterocycles. The predicted octanol–water partition coefficient (Wildman–Crippen LogP) is 3.99. The summed E-state index contributed by atoms with van der Waals surface area (Å²) in [6, 6.07) is 8.74. The van der Waals surface area contributed by atoms with E-state index in [-0.39, 0.29) is 11.1 Å². The average molecular weight is 315 g/mol. The Balaban J connectivity index is 1.62. The molecular weight excluding hydrogens is 301 g/mol. The molecule has 0 aliphatic heterocycles. The molecule has 4 rings (SSSR count). The van der Waals surface area contributed by atoms with Crippen LogP contribution >= 0.6 is 11.8 Å². The Morgan fingerprint density at radius 3 is 3.05 bits per heavy atom.